The lowest BCUT2D eigenvalue weighted by atomic mass is 10.0. The lowest BCUT2D eigenvalue weighted by Crippen LogP contribution is -2.28. The molecule has 0 fully saturated rings. The van der Waals surface area contributed by atoms with Crippen molar-refractivity contribution in [3.63, 3.8) is 0 Å². The van der Waals surface area contributed by atoms with Crippen LogP contribution >= 0.6 is 0 Å². The van der Waals surface area contributed by atoms with Gasteiger partial charge in [-0.15, -0.1) is 0 Å². The number of furan rings is 1. The Morgan fingerprint density at radius 3 is 2.25 bits per heavy atom. The minimum atomic E-state index is -2.74. The molecule has 0 spiro atoms. The van der Waals surface area contributed by atoms with E-state index >= 15 is 0 Å². The first-order chi connectivity index (χ1) is 25.1. The lowest BCUT2D eigenvalue weighted by molar-refractivity contribution is 0.0928. The Morgan fingerprint density at radius 2 is 1.62 bits per heavy atom. The Kier molecular flexibility index (Phi) is 10.7. The first-order valence-corrected chi connectivity index (χ1v) is 17.3. The number of carbonyl (C=O) groups excluding carboxylic acids is 2. The SMILES string of the molecule is CCN(c1cc2oc(-c3ccc(F)cc3)c(C(=O)NC)c2cc1-c1ccc(OCc2ccccc2)c(C(=O)N[C@H](C)c2ccc(F)cc2)n1)S(=O)[O-]. The predicted molar refractivity (Wildman–Crippen MR) is 193 cm³/mol. The van der Waals surface area contributed by atoms with E-state index in [-0.39, 0.29) is 58.4 Å². The molecule has 1 unspecified atom stereocenters. The number of nitrogens with zero attached hydrogens (tertiary/aromatic N) is 2. The zero-order chi connectivity index (χ0) is 36.9. The van der Waals surface area contributed by atoms with Gasteiger partial charge in [-0.25, -0.2) is 13.8 Å². The van der Waals surface area contributed by atoms with E-state index in [9.17, 15) is 27.1 Å². The molecule has 2 heterocycles. The number of halogens is 2. The van der Waals surface area contributed by atoms with E-state index in [1.54, 1.807) is 44.2 Å². The summed E-state index contributed by atoms with van der Waals surface area (Å²) in [5.41, 5.74) is 2.79. The molecule has 266 valence electrons. The highest BCUT2D eigenvalue weighted by atomic mass is 32.2. The van der Waals surface area contributed by atoms with E-state index in [1.165, 1.54) is 49.5 Å². The minimum absolute atomic E-state index is 0.0310. The number of fused-ring (bicyclic) bond motifs is 1. The summed E-state index contributed by atoms with van der Waals surface area (Å²) >= 11 is -2.74. The summed E-state index contributed by atoms with van der Waals surface area (Å²) in [6.45, 7) is 3.55. The standard InChI is InChI=1S/C39H34F2N4O6S/c1-4-45(52(48)49)32-21-34-30(35(38(46)42-3)37(51-34)26-12-16-28(41)17-13-26)20-29(32)31-18-19-33(50-22-24-8-6-5-7-9-24)36(44-31)39(47)43-23(2)25-10-14-27(40)15-11-25/h5-21,23H,4,22H2,1-3H3,(H,42,46)(H,43,47)(H,48,49)/p-1/t23-/m1/s1. The summed E-state index contributed by atoms with van der Waals surface area (Å²) in [6.07, 6.45) is 0. The molecule has 0 saturated heterocycles. The molecule has 0 bridgehead atoms. The highest BCUT2D eigenvalue weighted by Gasteiger charge is 2.27. The average molecular weight is 724 g/mol. The quantitative estimate of drug-likeness (QED) is 0.125. The third kappa shape index (κ3) is 7.55. The van der Waals surface area contributed by atoms with Crippen LogP contribution in [0.5, 0.6) is 5.75 Å². The second-order valence-electron chi connectivity index (χ2n) is 11.7. The molecule has 0 aliphatic carbocycles. The topological polar surface area (TPSA) is 137 Å². The highest BCUT2D eigenvalue weighted by molar-refractivity contribution is 7.80. The van der Waals surface area contributed by atoms with Crippen LogP contribution in [-0.2, 0) is 17.9 Å². The van der Waals surface area contributed by atoms with Gasteiger partial charge in [0.2, 0.25) is 0 Å². The maximum absolute atomic E-state index is 13.9. The molecule has 2 N–H and O–H groups in total. The number of amides is 2. The van der Waals surface area contributed by atoms with Crippen LogP contribution in [0.1, 0.15) is 51.9 Å². The zero-order valence-corrected chi connectivity index (χ0v) is 29.1. The van der Waals surface area contributed by atoms with Gasteiger partial charge in [-0.2, -0.15) is 0 Å². The number of aromatic nitrogens is 1. The molecule has 4 aromatic carbocycles. The van der Waals surface area contributed by atoms with E-state index in [1.807, 2.05) is 30.3 Å². The van der Waals surface area contributed by atoms with Crippen molar-refractivity contribution in [3.05, 3.63) is 137 Å². The smallest absolute Gasteiger partial charge is 0.274 e. The summed E-state index contributed by atoms with van der Waals surface area (Å²) in [4.78, 5) is 32.0. The van der Waals surface area contributed by atoms with Gasteiger partial charge in [-0.1, -0.05) is 42.5 Å². The second-order valence-corrected chi connectivity index (χ2v) is 12.6. The van der Waals surface area contributed by atoms with Crippen LogP contribution in [0.3, 0.4) is 0 Å². The van der Waals surface area contributed by atoms with Crippen molar-refractivity contribution >= 4 is 39.7 Å². The average Bonchev–Trinajstić information content (AvgIpc) is 3.52. The fourth-order valence-corrected chi connectivity index (χ4v) is 6.29. The first kappa shape index (κ1) is 35.9. The molecule has 2 aromatic heterocycles. The van der Waals surface area contributed by atoms with Crippen molar-refractivity contribution < 1.29 is 36.3 Å². The number of nitrogens with one attached hydrogen (secondary N) is 2. The maximum Gasteiger partial charge on any atom is 0.274 e. The van der Waals surface area contributed by atoms with E-state index in [0.717, 1.165) is 9.87 Å². The Balaban J connectivity index is 1.52. The molecule has 0 aliphatic rings. The van der Waals surface area contributed by atoms with Crippen molar-refractivity contribution in [2.45, 2.75) is 26.5 Å². The molecular formula is C39H33F2N4O6S-. The van der Waals surface area contributed by atoms with Crippen molar-refractivity contribution in [2.75, 3.05) is 17.9 Å². The normalized spacial score (nSPS) is 12.3. The Labute approximate surface area is 300 Å². The maximum atomic E-state index is 13.9. The van der Waals surface area contributed by atoms with Crippen LogP contribution in [-0.4, -0.2) is 39.2 Å². The number of benzene rings is 4. The molecule has 0 radical (unpaired) electrons. The highest BCUT2D eigenvalue weighted by Crippen LogP contribution is 2.41. The second kappa shape index (κ2) is 15.5. The van der Waals surface area contributed by atoms with Gasteiger partial charge in [-0.05, 0) is 79.6 Å². The molecular weight excluding hydrogens is 691 g/mol. The summed E-state index contributed by atoms with van der Waals surface area (Å²) in [7, 11) is 1.46. The fraction of sp³-hybridized carbons (Fsp3) is 0.154. The molecule has 13 heteroatoms. The Hall–Kier alpha value is -5.92. The summed E-state index contributed by atoms with van der Waals surface area (Å²) in [6, 6.07) is 26.2. The first-order valence-electron chi connectivity index (χ1n) is 16.3. The van der Waals surface area contributed by atoms with Gasteiger partial charge in [0, 0.05) is 47.4 Å². The number of hydrogen-bond donors (Lipinski definition) is 2. The van der Waals surface area contributed by atoms with Crippen molar-refractivity contribution in [3.8, 4) is 28.3 Å². The monoisotopic (exact) mass is 723 g/mol. The van der Waals surface area contributed by atoms with Gasteiger partial charge in [0.1, 0.15) is 29.6 Å². The molecule has 2 atom stereocenters. The van der Waals surface area contributed by atoms with Gasteiger partial charge in [-0.3, -0.25) is 13.8 Å². The minimum Gasteiger partial charge on any atom is -0.755 e. The van der Waals surface area contributed by atoms with Crippen LogP contribution < -0.4 is 19.7 Å². The van der Waals surface area contributed by atoms with Crippen molar-refractivity contribution in [2.24, 2.45) is 0 Å². The fourth-order valence-electron chi connectivity index (χ4n) is 5.77. The Bertz CT molecular complexity index is 2260. The number of carbonyl (C=O) groups is 2. The van der Waals surface area contributed by atoms with Crippen LogP contribution in [0.15, 0.2) is 108 Å². The third-order valence-electron chi connectivity index (χ3n) is 8.41. The molecule has 0 saturated carbocycles. The van der Waals surface area contributed by atoms with Gasteiger partial charge in [0.05, 0.1) is 23.0 Å². The van der Waals surface area contributed by atoms with Gasteiger partial charge >= 0.3 is 0 Å². The summed E-state index contributed by atoms with van der Waals surface area (Å²) < 4.78 is 65.8. The van der Waals surface area contributed by atoms with Gasteiger partial charge in [0.15, 0.2) is 11.4 Å². The summed E-state index contributed by atoms with van der Waals surface area (Å²) in [5.74, 6) is -1.68. The largest absolute Gasteiger partial charge is 0.755 e. The van der Waals surface area contributed by atoms with E-state index < -0.39 is 40.8 Å². The Morgan fingerprint density at radius 1 is 0.942 bits per heavy atom. The van der Waals surface area contributed by atoms with E-state index in [0.29, 0.717) is 16.5 Å². The molecule has 52 heavy (non-hydrogen) atoms. The van der Waals surface area contributed by atoms with Crippen LogP contribution in [0.4, 0.5) is 14.5 Å². The number of rotatable bonds is 12. The van der Waals surface area contributed by atoms with E-state index in [4.69, 9.17) is 14.1 Å². The molecule has 6 aromatic rings. The number of hydrogen-bond acceptors (Lipinski definition) is 7. The number of ether oxygens (including phenoxy) is 1. The van der Waals surface area contributed by atoms with E-state index in [2.05, 4.69) is 10.6 Å². The predicted octanol–water partition coefficient (Wildman–Crippen LogP) is 7.49. The molecule has 10 nitrogen and oxygen atoms in total. The summed E-state index contributed by atoms with van der Waals surface area (Å²) in [5, 5.41) is 5.83. The lowest BCUT2D eigenvalue weighted by Gasteiger charge is -2.27. The van der Waals surface area contributed by atoms with Gasteiger partial charge in [0.25, 0.3) is 11.8 Å². The zero-order valence-electron chi connectivity index (χ0n) is 28.3. The number of pyridine rings is 1. The number of anilines is 1. The van der Waals surface area contributed by atoms with Crippen LogP contribution in [0.25, 0.3) is 33.6 Å². The third-order valence-corrected chi connectivity index (χ3v) is 9.22. The van der Waals surface area contributed by atoms with Gasteiger partial charge < -0.3 is 28.6 Å². The molecule has 2 amide bonds. The van der Waals surface area contributed by atoms with Crippen molar-refractivity contribution in [1.29, 1.82) is 0 Å². The van der Waals surface area contributed by atoms with Crippen LogP contribution in [0.2, 0.25) is 0 Å². The molecule has 6 rings (SSSR count). The van der Waals surface area contributed by atoms with Crippen LogP contribution in [0, 0.1) is 11.6 Å². The van der Waals surface area contributed by atoms with Crippen molar-refractivity contribution in [1.82, 2.24) is 15.6 Å². The molecule has 0 aliphatic heterocycles.